The lowest BCUT2D eigenvalue weighted by molar-refractivity contribution is 0.776. The molecule has 1 aliphatic heterocycles. The van der Waals surface area contributed by atoms with Crippen molar-refractivity contribution >= 4 is 23.2 Å². The minimum Gasteiger partial charge on any atom is -0.353 e. The minimum atomic E-state index is 0.940. The van der Waals surface area contributed by atoms with Crippen molar-refractivity contribution in [3.63, 3.8) is 0 Å². The van der Waals surface area contributed by atoms with E-state index in [0.717, 1.165) is 29.5 Å². The van der Waals surface area contributed by atoms with Crippen molar-refractivity contribution in [3.05, 3.63) is 35.1 Å². The van der Waals surface area contributed by atoms with Gasteiger partial charge in [-0.25, -0.2) is 4.99 Å². The van der Waals surface area contributed by atoms with Gasteiger partial charge in [0.05, 0.1) is 5.69 Å². The van der Waals surface area contributed by atoms with E-state index >= 15 is 0 Å². The molecule has 1 N–H and O–H groups in total. The van der Waals surface area contributed by atoms with E-state index in [-0.39, 0.29) is 0 Å². The maximum absolute atomic E-state index is 4.55. The van der Waals surface area contributed by atoms with Crippen molar-refractivity contribution in [2.75, 3.05) is 11.9 Å². The van der Waals surface area contributed by atoms with Crippen LogP contribution >= 0.6 is 11.5 Å². The average Bonchev–Trinajstić information content (AvgIpc) is 2.85. The Bertz CT molecular complexity index is 526. The zero-order chi connectivity index (χ0) is 10.1. The number of fused-ring (bicyclic) bond motifs is 1. The van der Waals surface area contributed by atoms with Crippen LogP contribution in [0.2, 0.25) is 0 Å². The van der Waals surface area contributed by atoms with Crippen LogP contribution in [0.3, 0.4) is 0 Å². The summed E-state index contributed by atoms with van der Waals surface area (Å²) in [5, 5.41) is 3.21. The van der Waals surface area contributed by atoms with E-state index in [2.05, 4.69) is 19.2 Å². The highest BCUT2D eigenvalue weighted by atomic mass is 32.1. The van der Waals surface area contributed by atoms with Gasteiger partial charge in [0.2, 0.25) is 10.7 Å². The number of para-hydroxylation sites is 1. The summed E-state index contributed by atoms with van der Waals surface area (Å²) in [7, 11) is 0. The molecule has 0 saturated carbocycles. The Labute approximate surface area is 91.1 Å². The van der Waals surface area contributed by atoms with Crippen molar-refractivity contribution in [1.82, 2.24) is 8.94 Å². The molecule has 0 aliphatic carbocycles. The van der Waals surface area contributed by atoms with E-state index in [4.69, 9.17) is 0 Å². The molecule has 3 rings (SSSR count). The number of rotatable bonds is 1. The Kier molecular flexibility index (Phi) is 2.03. The minimum absolute atomic E-state index is 0.940. The molecule has 0 bridgehead atoms. The molecule has 0 radical (unpaired) electrons. The predicted octanol–water partition coefficient (Wildman–Crippen LogP) is 1.60. The summed E-state index contributed by atoms with van der Waals surface area (Å²) in [5.74, 6) is 0.940. The lowest BCUT2D eigenvalue weighted by Gasteiger charge is -1.92. The fourth-order valence-electron chi connectivity index (χ4n) is 1.58. The Hall–Kier alpha value is -1.62. The molecule has 1 aromatic carbocycles. The molecule has 2 heterocycles. The fraction of sp³-hybridized carbons (Fsp3) is 0.200. The molecule has 4 nitrogen and oxygen atoms in total. The first-order valence-electron chi connectivity index (χ1n) is 4.84. The molecule has 1 aromatic heterocycles. The summed E-state index contributed by atoms with van der Waals surface area (Å²) in [6.45, 7) is 1.91. The van der Waals surface area contributed by atoms with Gasteiger partial charge in [0.25, 0.3) is 0 Å². The highest BCUT2D eigenvalue weighted by Crippen LogP contribution is 2.12. The van der Waals surface area contributed by atoms with Gasteiger partial charge < -0.3 is 5.32 Å². The molecule has 76 valence electrons. The topological polar surface area (TPSA) is 42.2 Å². The third-order valence-corrected chi connectivity index (χ3v) is 3.04. The fourth-order valence-corrected chi connectivity index (χ4v) is 2.33. The standard InChI is InChI=1S/C10H10N4S/c1-2-4-8(5-3-1)12-10-14-7-6-11-9(14)13-15-10/h1-5H,6-7H2,(H,11,13). The van der Waals surface area contributed by atoms with Crippen LogP contribution < -0.4 is 10.1 Å². The molecule has 0 unspecified atom stereocenters. The number of nitrogens with one attached hydrogen (secondary N) is 1. The van der Waals surface area contributed by atoms with Crippen molar-refractivity contribution < 1.29 is 0 Å². The van der Waals surface area contributed by atoms with Crippen LogP contribution in [0.4, 0.5) is 11.6 Å². The Balaban J connectivity index is 2.10. The number of nitrogens with zero attached hydrogens (tertiary/aromatic N) is 3. The first kappa shape index (κ1) is 8.67. The lowest BCUT2D eigenvalue weighted by Crippen LogP contribution is -2.11. The van der Waals surface area contributed by atoms with E-state index in [1.54, 1.807) is 0 Å². The second-order valence-corrected chi connectivity index (χ2v) is 4.04. The lowest BCUT2D eigenvalue weighted by atomic mass is 10.3. The molecule has 0 saturated heterocycles. The Morgan fingerprint density at radius 2 is 2.20 bits per heavy atom. The number of aromatic nitrogens is 2. The summed E-state index contributed by atoms with van der Waals surface area (Å²) >= 11 is 1.43. The largest absolute Gasteiger partial charge is 0.353 e. The van der Waals surface area contributed by atoms with Gasteiger partial charge in [0.15, 0.2) is 0 Å². The monoisotopic (exact) mass is 218 g/mol. The number of hydrogen-bond acceptors (Lipinski definition) is 4. The average molecular weight is 218 g/mol. The van der Waals surface area contributed by atoms with Crippen molar-refractivity contribution in [3.8, 4) is 0 Å². The summed E-state index contributed by atoms with van der Waals surface area (Å²) < 4.78 is 6.40. The van der Waals surface area contributed by atoms with Gasteiger partial charge in [-0.05, 0) is 12.1 Å². The molecule has 0 spiro atoms. The quantitative estimate of drug-likeness (QED) is 0.790. The highest BCUT2D eigenvalue weighted by molar-refractivity contribution is 7.03. The van der Waals surface area contributed by atoms with E-state index in [9.17, 15) is 0 Å². The van der Waals surface area contributed by atoms with Crippen LogP contribution in [0.25, 0.3) is 0 Å². The van der Waals surface area contributed by atoms with Gasteiger partial charge in [0, 0.05) is 24.6 Å². The third-order valence-electron chi connectivity index (χ3n) is 2.30. The SMILES string of the molecule is c1ccc(N=c2snc3n2CCN3)cc1. The molecule has 2 aromatic rings. The third kappa shape index (κ3) is 1.55. The highest BCUT2D eigenvalue weighted by Gasteiger charge is 2.12. The second kappa shape index (κ2) is 3.51. The van der Waals surface area contributed by atoms with Crippen LogP contribution in [0.5, 0.6) is 0 Å². The number of hydrogen-bond donors (Lipinski definition) is 1. The molecule has 1 aliphatic rings. The van der Waals surface area contributed by atoms with E-state index in [0.29, 0.717) is 0 Å². The molecule has 0 atom stereocenters. The maximum Gasteiger partial charge on any atom is 0.216 e. The van der Waals surface area contributed by atoms with Gasteiger partial charge in [0.1, 0.15) is 0 Å². The summed E-state index contributed by atoms with van der Waals surface area (Å²) in [5.41, 5.74) is 0.975. The summed E-state index contributed by atoms with van der Waals surface area (Å²) in [6, 6.07) is 9.96. The summed E-state index contributed by atoms with van der Waals surface area (Å²) in [6.07, 6.45) is 0. The maximum atomic E-state index is 4.55. The van der Waals surface area contributed by atoms with Gasteiger partial charge in [-0.2, -0.15) is 4.37 Å². The van der Waals surface area contributed by atoms with Gasteiger partial charge >= 0.3 is 0 Å². The molecular formula is C10H10N4S. The smallest absolute Gasteiger partial charge is 0.216 e. The zero-order valence-electron chi connectivity index (χ0n) is 8.05. The number of anilines is 1. The molecule has 0 amide bonds. The van der Waals surface area contributed by atoms with Crippen LogP contribution in [0, 0.1) is 0 Å². The molecule has 5 heteroatoms. The van der Waals surface area contributed by atoms with Crippen LogP contribution in [0.15, 0.2) is 35.3 Å². The normalized spacial score (nSPS) is 15.1. The zero-order valence-corrected chi connectivity index (χ0v) is 8.87. The van der Waals surface area contributed by atoms with E-state index in [1.165, 1.54) is 11.5 Å². The van der Waals surface area contributed by atoms with Crippen LogP contribution in [-0.4, -0.2) is 15.5 Å². The van der Waals surface area contributed by atoms with E-state index < -0.39 is 0 Å². The molecule has 0 fully saturated rings. The Morgan fingerprint density at radius 3 is 3.07 bits per heavy atom. The van der Waals surface area contributed by atoms with Crippen molar-refractivity contribution in [1.29, 1.82) is 0 Å². The van der Waals surface area contributed by atoms with Gasteiger partial charge in [-0.3, -0.25) is 4.57 Å². The van der Waals surface area contributed by atoms with Gasteiger partial charge in [-0.1, -0.05) is 18.2 Å². The first-order chi connectivity index (χ1) is 7.43. The first-order valence-corrected chi connectivity index (χ1v) is 5.61. The molecule has 15 heavy (non-hydrogen) atoms. The predicted molar refractivity (Wildman–Crippen MR) is 60.3 cm³/mol. The molecular weight excluding hydrogens is 208 g/mol. The van der Waals surface area contributed by atoms with Crippen LogP contribution in [-0.2, 0) is 6.54 Å². The van der Waals surface area contributed by atoms with Crippen molar-refractivity contribution in [2.24, 2.45) is 4.99 Å². The van der Waals surface area contributed by atoms with E-state index in [1.807, 2.05) is 30.3 Å². The van der Waals surface area contributed by atoms with Crippen molar-refractivity contribution in [2.45, 2.75) is 6.54 Å². The Morgan fingerprint density at radius 1 is 1.33 bits per heavy atom. The summed E-state index contributed by atoms with van der Waals surface area (Å²) in [4.78, 5) is 5.51. The second-order valence-electron chi connectivity index (χ2n) is 3.31. The van der Waals surface area contributed by atoms with Crippen LogP contribution in [0.1, 0.15) is 0 Å². The van der Waals surface area contributed by atoms with Gasteiger partial charge in [-0.15, -0.1) is 0 Å². The number of benzene rings is 1.